The van der Waals surface area contributed by atoms with Crippen LogP contribution in [-0.2, 0) is 6.54 Å². The van der Waals surface area contributed by atoms with E-state index in [-0.39, 0.29) is 17.7 Å². The molecule has 0 bridgehead atoms. The van der Waals surface area contributed by atoms with E-state index in [1.165, 1.54) is 12.1 Å². The van der Waals surface area contributed by atoms with Crippen molar-refractivity contribution in [2.45, 2.75) is 19.5 Å². The summed E-state index contributed by atoms with van der Waals surface area (Å²) in [4.78, 5) is 20.3. The van der Waals surface area contributed by atoms with Crippen molar-refractivity contribution in [2.75, 3.05) is 0 Å². The van der Waals surface area contributed by atoms with Crippen LogP contribution in [0.1, 0.15) is 24.6 Å². The highest BCUT2D eigenvalue weighted by Gasteiger charge is 2.17. The van der Waals surface area contributed by atoms with Crippen LogP contribution in [0.4, 0.5) is 9.18 Å². The van der Waals surface area contributed by atoms with E-state index < -0.39 is 6.04 Å². The van der Waals surface area contributed by atoms with Crippen LogP contribution in [0, 0.1) is 5.82 Å². The van der Waals surface area contributed by atoms with E-state index in [9.17, 15) is 9.18 Å². The zero-order chi connectivity index (χ0) is 17.6. The Morgan fingerprint density at radius 1 is 1.24 bits per heavy atom. The van der Waals surface area contributed by atoms with E-state index in [1.54, 1.807) is 31.3 Å². The number of halogens is 1. The molecule has 7 nitrogen and oxygen atoms in total. The fraction of sp³-hybridized carbons (Fsp3) is 0.176. The number of rotatable bonds is 5. The van der Waals surface area contributed by atoms with Crippen LogP contribution in [0.25, 0.3) is 11.4 Å². The number of nitrogens with zero attached hydrogens (tertiary/aromatic N) is 3. The molecule has 0 unspecified atom stereocenters. The van der Waals surface area contributed by atoms with Gasteiger partial charge in [0.25, 0.3) is 0 Å². The Labute approximate surface area is 143 Å². The first-order valence-electron chi connectivity index (χ1n) is 7.65. The van der Waals surface area contributed by atoms with Crippen molar-refractivity contribution in [2.24, 2.45) is 0 Å². The van der Waals surface area contributed by atoms with Crippen molar-refractivity contribution in [3.8, 4) is 11.4 Å². The maximum Gasteiger partial charge on any atom is 0.315 e. The van der Waals surface area contributed by atoms with Crippen LogP contribution in [-0.4, -0.2) is 21.2 Å². The quantitative estimate of drug-likeness (QED) is 0.744. The van der Waals surface area contributed by atoms with Crippen molar-refractivity contribution >= 4 is 6.03 Å². The molecule has 0 fully saturated rings. The van der Waals surface area contributed by atoms with E-state index in [0.29, 0.717) is 17.9 Å². The monoisotopic (exact) mass is 341 g/mol. The number of nitrogens with one attached hydrogen (secondary N) is 2. The standard InChI is InChI=1S/C17H16FN5O2/c1-11(21-17(24)20-10-14-4-2-3-9-19-14)16-22-15(23-25-16)12-5-7-13(18)8-6-12/h2-9,11H,10H2,1H3,(H2,20,21,24)/t11-/m0/s1. The van der Waals surface area contributed by atoms with Gasteiger partial charge in [-0.15, -0.1) is 0 Å². The summed E-state index contributed by atoms with van der Waals surface area (Å²) in [6.07, 6.45) is 1.66. The Kier molecular flexibility index (Phi) is 4.98. The molecule has 0 aliphatic carbocycles. The van der Waals surface area contributed by atoms with E-state index in [1.807, 2.05) is 12.1 Å². The van der Waals surface area contributed by atoms with Gasteiger partial charge in [0.15, 0.2) is 0 Å². The fourth-order valence-electron chi connectivity index (χ4n) is 2.11. The van der Waals surface area contributed by atoms with Crippen molar-refractivity contribution in [1.29, 1.82) is 0 Å². The molecule has 0 saturated carbocycles. The molecule has 2 aromatic heterocycles. The fourth-order valence-corrected chi connectivity index (χ4v) is 2.11. The van der Waals surface area contributed by atoms with E-state index >= 15 is 0 Å². The Balaban J connectivity index is 1.57. The van der Waals surface area contributed by atoms with Crippen molar-refractivity contribution in [1.82, 2.24) is 25.8 Å². The summed E-state index contributed by atoms with van der Waals surface area (Å²) >= 11 is 0. The average molecular weight is 341 g/mol. The first kappa shape index (κ1) is 16.6. The zero-order valence-electron chi connectivity index (χ0n) is 13.4. The molecule has 0 aliphatic rings. The number of hydrogen-bond donors (Lipinski definition) is 2. The van der Waals surface area contributed by atoms with E-state index in [4.69, 9.17) is 4.52 Å². The van der Waals surface area contributed by atoms with Crippen LogP contribution in [0.15, 0.2) is 53.2 Å². The average Bonchev–Trinajstić information content (AvgIpc) is 3.12. The number of pyridine rings is 1. The summed E-state index contributed by atoms with van der Waals surface area (Å²) in [5.41, 5.74) is 1.38. The van der Waals surface area contributed by atoms with E-state index in [2.05, 4.69) is 25.8 Å². The van der Waals surface area contributed by atoms with Crippen molar-refractivity contribution in [3.05, 3.63) is 66.1 Å². The number of carbonyl (C=O) groups is 1. The van der Waals surface area contributed by atoms with Gasteiger partial charge >= 0.3 is 6.03 Å². The van der Waals surface area contributed by atoms with Crippen LogP contribution in [0.2, 0.25) is 0 Å². The predicted molar refractivity (Wildman–Crippen MR) is 87.7 cm³/mol. The number of aromatic nitrogens is 3. The molecular weight excluding hydrogens is 325 g/mol. The normalized spacial score (nSPS) is 11.8. The molecule has 0 aliphatic heterocycles. The maximum absolute atomic E-state index is 13.0. The minimum absolute atomic E-state index is 0.257. The third kappa shape index (κ3) is 4.37. The zero-order valence-corrected chi connectivity index (χ0v) is 13.4. The lowest BCUT2D eigenvalue weighted by molar-refractivity contribution is 0.233. The SMILES string of the molecule is C[C@H](NC(=O)NCc1ccccn1)c1nc(-c2ccc(F)cc2)no1. The Hall–Kier alpha value is -3.29. The summed E-state index contributed by atoms with van der Waals surface area (Å²) in [6.45, 7) is 2.03. The van der Waals surface area contributed by atoms with Gasteiger partial charge in [0, 0.05) is 11.8 Å². The first-order valence-corrected chi connectivity index (χ1v) is 7.65. The number of urea groups is 1. The predicted octanol–water partition coefficient (Wildman–Crippen LogP) is 2.83. The highest BCUT2D eigenvalue weighted by Crippen LogP contribution is 2.18. The Morgan fingerprint density at radius 3 is 2.76 bits per heavy atom. The molecule has 1 aromatic carbocycles. The maximum atomic E-state index is 13.0. The van der Waals surface area contributed by atoms with Gasteiger partial charge in [-0.05, 0) is 43.3 Å². The summed E-state index contributed by atoms with van der Waals surface area (Å²) in [5.74, 6) is 0.247. The van der Waals surface area contributed by atoms with Gasteiger partial charge in [0.2, 0.25) is 11.7 Å². The lowest BCUT2D eigenvalue weighted by atomic mass is 10.2. The number of amides is 2. The van der Waals surface area contributed by atoms with Gasteiger partial charge in [-0.1, -0.05) is 11.2 Å². The largest absolute Gasteiger partial charge is 0.337 e. The third-order valence-corrected chi connectivity index (χ3v) is 3.42. The first-order chi connectivity index (χ1) is 12.1. The minimum Gasteiger partial charge on any atom is -0.337 e. The molecule has 25 heavy (non-hydrogen) atoms. The molecule has 8 heteroatoms. The van der Waals surface area contributed by atoms with Crippen molar-refractivity contribution < 1.29 is 13.7 Å². The van der Waals surface area contributed by atoms with Crippen LogP contribution in [0.3, 0.4) is 0 Å². The smallest absolute Gasteiger partial charge is 0.315 e. The third-order valence-electron chi connectivity index (χ3n) is 3.42. The summed E-state index contributed by atoms with van der Waals surface area (Å²) < 4.78 is 18.1. The molecule has 3 aromatic rings. The second-order valence-electron chi connectivity index (χ2n) is 5.33. The lowest BCUT2D eigenvalue weighted by Gasteiger charge is -2.10. The molecule has 0 spiro atoms. The summed E-state index contributed by atoms with van der Waals surface area (Å²) in [5, 5.41) is 9.25. The lowest BCUT2D eigenvalue weighted by Crippen LogP contribution is -2.36. The van der Waals surface area contributed by atoms with Gasteiger partial charge in [0.1, 0.15) is 11.9 Å². The Morgan fingerprint density at radius 2 is 2.04 bits per heavy atom. The molecule has 2 amide bonds. The van der Waals surface area contributed by atoms with Gasteiger partial charge in [-0.3, -0.25) is 4.98 Å². The van der Waals surface area contributed by atoms with Crippen LogP contribution < -0.4 is 10.6 Å². The summed E-state index contributed by atoms with van der Waals surface area (Å²) in [6, 6.07) is 10.4. The molecular formula is C17H16FN5O2. The van der Waals surface area contributed by atoms with Gasteiger partial charge in [-0.2, -0.15) is 4.98 Å². The topological polar surface area (TPSA) is 92.9 Å². The number of carbonyl (C=O) groups excluding carboxylic acids is 1. The highest BCUT2D eigenvalue weighted by atomic mass is 19.1. The summed E-state index contributed by atoms with van der Waals surface area (Å²) in [7, 11) is 0. The molecule has 3 rings (SSSR count). The Bertz CT molecular complexity index is 836. The van der Waals surface area contributed by atoms with Gasteiger partial charge in [0.05, 0.1) is 12.2 Å². The van der Waals surface area contributed by atoms with Crippen LogP contribution >= 0.6 is 0 Å². The van der Waals surface area contributed by atoms with Crippen LogP contribution in [0.5, 0.6) is 0 Å². The van der Waals surface area contributed by atoms with Crippen molar-refractivity contribution in [3.63, 3.8) is 0 Å². The molecule has 0 radical (unpaired) electrons. The number of benzene rings is 1. The van der Waals surface area contributed by atoms with E-state index in [0.717, 1.165) is 5.69 Å². The molecule has 2 heterocycles. The molecule has 2 N–H and O–H groups in total. The molecule has 0 saturated heterocycles. The highest BCUT2D eigenvalue weighted by molar-refractivity contribution is 5.74. The molecule has 128 valence electrons. The minimum atomic E-state index is -0.481. The van der Waals surface area contributed by atoms with Gasteiger partial charge in [-0.25, -0.2) is 9.18 Å². The number of hydrogen-bond acceptors (Lipinski definition) is 5. The molecule has 1 atom stereocenters. The second-order valence-corrected chi connectivity index (χ2v) is 5.33. The van der Waals surface area contributed by atoms with Gasteiger partial charge < -0.3 is 15.2 Å². The second kappa shape index (κ2) is 7.52.